The number of nitrogens with one attached hydrogen (secondary N) is 1. The Kier molecular flexibility index (Phi) is 4.95. The highest BCUT2D eigenvalue weighted by Gasteiger charge is 2.28. The quantitative estimate of drug-likeness (QED) is 0.872. The molecule has 3 heterocycles. The predicted molar refractivity (Wildman–Crippen MR) is 90.0 cm³/mol. The molecule has 2 aromatic rings. The number of aromatic nitrogens is 4. The molecule has 23 heavy (non-hydrogen) atoms. The molecule has 1 N–H and O–H groups in total. The average Bonchev–Trinajstić information content (AvgIpc) is 3.02. The summed E-state index contributed by atoms with van der Waals surface area (Å²) in [5, 5.41) is 7.69. The smallest absolute Gasteiger partial charge is 0.233 e. The number of carbonyl (C=O) groups is 1. The van der Waals surface area contributed by atoms with Gasteiger partial charge in [-0.2, -0.15) is 0 Å². The number of piperidine rings is 1. The number of hydrogen-bond acceptors (Lipinski definition) is 5. The van der Waals surface area contributed by atoms with E-state index in [2.05, 4.69) is 34.0 Å². The number of likely N-dealkylation sites (tertiary alicyclic amines) is 1. The highest BCUT2D eigenvalue weighted by Crippen LogP contribution is 2.25. The van der Waals surface area contributed by atoms with Crippen molar-refractivity contribution in [1.82, 2.24) is 25.1 Å². The molecule has 7 heteroatoms. The summed E-state index contributed by atoms with van der Waals surface area (Å²) in [4.78, 5) is 22.9. The average molecular weight is 331 g/mol. The maximum Gasteiger partial charge on any atom is 0.233 e. The van der Waals surface area contributed by atoms with Crippen LogP contribution in [0.4, 0.5) is 0 Å². The predicted octanol–water partition coefficient (Wildman–Crippen LogP) is 2.75. The Morgan fingerprint density at radius 2 is 2.00 bits per heavy atom. The van der Waals surface area contributed by atoms with Crippen LogP contribution in [-0.4, -0.2) is 48.8 Å². The molecule has 0 aromatic carbocycles. The van der Waals surface area contributed by atoms with Crippen LogP contribution in [0.1, 0.15) is 33.1 Å². The summed E-state index contributed by atoms with van der Waals surface area (Å²) >= 11 is 1.38. The second-order valence-electron chi connectivity index (χ2n) is 5.92. The fourth-order valence-corrected chi connectivity index (χ4v) is 3.73. The largest absolute Gasteiger partial charge is 0.337 e. The van der Waals surface area contributed by atoms with Gasteiger partial charge in [0.15, 0.2) is 5.82 Å². The molecule has 0 radical (unpaired) electrons. The van der Waals surface area contributed by atoms with Crippen LogP contribution in [0.3, 0.4) is 0 Å². The molecular formula is C16H21N5OS. The van der Waals surface area contributed by atoms with Crippen molar-refractivity contribution in [2.75, 3.05) is 5.75 Å². The molecule has 1 aliphatic rings. The van der Waals surface area contributed by atoms with Crippen LogP contribution in [-0.2, 0) is 4.79 Å². The maximum absolute atomic E-state index is 12.5. The standard InChI is InChI=1S/C16H21N5OS/c1-11-4-3-5-12(2)21(11)14(22)10-23-16-18-15(19-20-16)13-6-8-17-9-7-13/h6-9,11-12H,3-5,10H2,1-2H3,(H,18,19,20)/t11-,12+. The lowest BCUT2D eigenvalue weighted by molar-refractivity contribution is -0.134. The molecule has 0 bridgehead atoms. The van der Waals surface area contributed by atoms with E-state index in [0.29, 0.717) is 28.8 Å². The van der Waals surface area contributed by atoms with Crippen molar-refractivity contribution >= 4 is 17.7 Å². The van der Waals surface area contributed by atoms with Crippen LogP contribution < -0.4 is 0 Å². The van der Waals surface area contributed by atoms with Gasteiger partial charge in [0.2, 0.25) is 11.1 Å². The van der Waals surface area contributed by atoms with Crippen LogP contribution in [0.15, 0.2) is 29.7 Å². The highest BCUT2D eigenvalue weighted by molar-refractivity contribution is 7.99. The third kappa shape index (κ3) is 3.72. The van der Waals surface area contributed by atoms with Crippen molar-refractivity contribution in [1.29, 1.82) is 0 Å². The van der Waals surface area contributed by atoms with Gasteiger partial charge in [0.25, 0.3) is 0 Å². The van der Waals surface area contributed by atoms with Crippen molar-refractivity contribution in [2.45, 2.75) is 50.4 Å². The molecular weight excluding hydrogens is 310 g/mol. The molecule has 1 saturated heterocycles. The van der Waals surface area contributed by atoms with Gasteiger partial charge in [-0.05, 0) is 45.2 Å². The van der Waals surface area contributed by atoms with E-state index < -0.39 is 0 Å². The number of H-pyrrole nitrogens is 1. The zero-order valence-electron chi connectivity index (χ0n) is 13.4. The minimum Gasteiger partial charge on any atom is -0.337 e. The van der Waals surface area contributed by atoms with E-state index in [9.17, 15) is 4.79 Å². The summed E-state index contributed by atoms with van der Waals surface area (Å²) < 4.78 is 0. The molecule has 2 atom stereocenters. The van der Waals surface area contributed by atoms with Gasteiger partial charge in [-0.1, -0.05) is 11.8 Å². The lowest BCUT2D eigenvalue weighted by Gasteiger charge is -2.39. The maximum atomic E-state index is 12.5. The van der Waals surface area contributed by atoms with Gasteiger partial charge in [0.05, 0.1) is 5.75 Å². The highest BCUT2D eigenvalue weighted by atomic mass is 32.2. The monoisotopic (exact) mass is 331 g/mol. The van der Waals surface area contributed by atoms with Gasteiger partial charge >= 0.3 is 0 Å². The Labute approximate surface area is 140 Å². The number of pyridine rings is 1. The number of rotatable bonds is 4. The van der Waals surface area contributed by atoms with Gasteiger partial charge in [-0.3, -0.25) is 14.9 Å². The van der Waals surface area contributed by atoms with Gasteiger partial charge < -0.3 is 4.90 Å². The lowest BCUT2D eigenvalue weighted by Crippen LogP contribution is -2.48. The molecule has 0 unspecified atom stereocenters. The normalized spacial score (nSPS) is 21.4. The van der Waals surface area contributed by atoms with Gasteiger partial charge in [-0.25, -0.2) is 4.98 Å². The summed E-state index contributed by atoms with van der Waals surface area (Å²) in [6.45, 7) is 4.26. The van der Waals surface area contributed by atoms with E-state index in [1.807, 2.05) is 17.0 Å². The fourth-order valence-electron chi connectivity index (χ4n) is 3.06. The SMILES string of the molecule is C[C@@H]1CCC[C@H](C)N1C(=O)CSc1n[nH]c(-c2ccncc2)n1. The molecule has 6 nitrogen and oxygen atoms in total. The molecule has 3 rings (SSSR count). The van der Waals surface area contributed by atoms with E-state index in [-0.39, 0.29) is 5.91 Å². The summed E-state index contributed by atoms with van der Waals surface area (Å²) in [5.41, 5.74) is 0.934. The van der Waals surface area contributed by atoms with Gasteiger partial charge in [0, 0.05) is 30.0 Å². The van der Waals surface area contributed by atoms with Crippen molar-refractivity contribution < 1.29 is 4.79 Å². The first-order chi connectivity index (χ1) is 11.1. The van der Waals surface area contributed by atoms with Crippen LogP contribution in [0.5, 0.6) is 0 Å². The number of hydrogen-bond donors (Lipinski definition) is 1. The summed E-state index contributed by atoms with van der Waals surface area (Å²) in [6, 6.07) is 4.40. The first kappa shape index (κ1) is 16.0. The zero-order chi connectivity index (χ0) is 16.2. The third-order valence-electron chi connectivity index (χ3n) is 4.22. The Morgan fingerprint density at radius 3 is 2.70 bits per heavy atom. The Hall–Kier alpha value is -1.89. The van der Waals surface area contributed by atoms with Crippen molar-refractivity contribution in [3.8, 4) is 11.4 Å². The molecule has 0 spiro atoms. The van der Waals surface area contributed by atoms with E-state index >= 15 is 0 Å². The molecule has 1 aliphatic heterocycles. The molecule has 0 saturated carbocycles. The summed E-state index contributed by atoms with van der Waals surface area (Å²) in [6.07, 6.45) is 6.82. The molecule has 1 amide bonds. The van der Waals surface area contributed by atoms with Gasteiger partial charge in [-0.15, -0.1) is 5.10 Å². The van der Waals surface area contributed by atoms with E-state index in [4.69, 9.17) is 0 Å². The van der Waals surface area contributed by atoms with Crippen LogP contribution >= 0.6 is 11.8 Å². The summed E-state index contributed by atoms with van der Waals surface area (Å²) in [7, 11) is 0. The lowest BCUT2D eigenvalue weighted by atomic mass is 9.98. The topological polar surface area (TPSA) is 74.8 Å². The number of nitrogens with zero attached hydrogens (tertiary/aromatic N) is 4. The second-order valence-corrected chi connectivity index (χ2v) is 6.86. The van der Waals surface area contributed by atoms with Crippen molar-refractivity contribution in [2.24, 2.45) is 0 Å². The Balaban J connectivity index is 1.60. The second kappa shape index (κ2) is 7.12. The van der Waals surface area contributed by atoms with Crippen LogP contribution in [0.25, 0.3) is 11.4 Å². The molecule has 1 fully saturated rings. The molecule has 2 aromatic heterocycles. The summed E-state index contributed by atoms with van der Waals surface area (Å²) in [5.74, 6) is 1.24. The van der Waals surface area contributed by atoms with Crippen molar-refractivity contribution in [3.63, 3.8) is 0 Å². The zero-order valence-corrected chi connectivity index (χ0v) is 14.2. The van der Waals surface area contributed by atoms with E-state index in [1.54, 1.807) is 12.4 Å². The minimum absolute atomic E-state index is 0.171. The van der Waals surface area contributed by atoms with Crippen molar-refractivity contribution in [3.05, 3.63) is 24.5 Å². The first-order valence-electron chi connectivity index (χ1n) is 7.92. The molecule has 122 valence electrons. The first-order valence-corrected chi connectivity index (χ1v) is 8.90. The van der Waals surface area contributed by atoms with E-state index in [1.165, 1.54) is 18.2 Å². The van der Waals surface area contributed by atoms with Crippen LogP contribution in [0, 0.1) is 0 Å². The Morgan fingerprint density at radius 1 is 1.30 bits per heavy atom. The Bertz CT molecular complexity index is 650. The molecule has 0 aliphatic carbocycles. The third-order valence-corrected chi connectivity index (χ3v) is 5.06. The number of amides is 1. The van der Waals surface area contributed by atoms with Gasteiger partial charge in [0.1, 0.15) is 0 Å². The number of carbonyl (C=O) groups excluding carboxylic acids is 1. The number of aromatic amines is 1. The van der Waals surface area contributed by atoms with E-state index in [0.717, 1.165) is 18.4 Å². The fraction of sp³-hybridized carbons (Fsp3) is 0.500. The number of thioether (sulfide) groups is 1. The minimum atomic E-state index is 0.171. The van der Waals surface area contributed by atoms with Crippen LogP contribution in [0.2, 0.25) is 0 Å².